The number of halogens is 1. The third kappa shape index (κ3) is 3.80. The molecule has 0 saturated heterocycles. The zero-order valence-corrected chi connectivity index (χ0v) is 17.3. The average Bonchev–Trinajstić information content (AvgIpc) is 3.41. The highest BCUT2D eigenvalue weighted by Crippen LogP contribution is 2.25. The third-order valence-corrected chi connectivity index (χ3v) is 5.34. The molecule has 1 aliphatic heterocycles. The number of pyridine rings is 2. The van der Waals surface area contributed by atoms with Crippen molar-refractivity contribution in [3.05, 3.63) is 95.0 Å². The molecular formula is C23H19FN6O2. The maximum atomic E-state index is 13.3. The molecule has 0 spiro atoms. The maximum Gasteiger partial charge on any atom is 0.254 e. The minimum atomic E-state index is -0.317. The number of fused-ring (bicyclic) bond motifs is 1. The minimum absolute atomic E-state index is 0.0576. The summed E-state index contributed by atoms with van der Waals surface area (Å²) in [6.45, 7) is 2.96. The fourth-order valence-electron chi connectivity index (χ4n) is 3.61. The molecule has 0 radical (unpaired) electrons. The van der Waals surface area contributed by atoms with Gasteiger partial charge in [-0.3, -0.25) is 9.78 Å². The first kappa shape index (κ1) is 19.8. The number of carbonyl (C=O) groups is 1. The van der Waals surface area contributed by atoms with Gasteiger partial charge in [-0.1, -0.05) is 5.21 Å². The summed E-state index contributed by atoms with van der Waals surface area (Å²) in [5.74, 6) is 0.0770. The monoisotopic (exact) mass is 430 g/mol. The molecule has 1 aliphatic rings. The maximum absolute atomic E-state index is 13.3. The van der Waals surface area contributed by atoms with E-state index >= 15 is 0 Å². The highest BCUT2D eigenvalue weighted by Gasteiger charge is 2.26. The molecule has 0 bridgehead atoms. The largest absolute Gasteiger partial charge is 0.471 e. The zero-order chi connectivity index (χ0) is 22.1. The van der Waals surface area contributed by atoms with E-state index in [0.29, 0.717) is 35.9 Å². The van der Waals surface area contributed by atoms with Crippen LogP contribution >= 0.6 is 0 Å². The van der Waals surface area contributed by atoms with Crippen LogP contribution in [-0.2, 0) is 19.7 Å². The molecule has 0 saturated carbocycles. The number of benzene rings is 1. The fraction of sp³-hybridized carbons (Fsp3) is 0.174. The second-order valence-corrected chi connectivity index (χ2v) is 7.45. The van der Waals surface area contributed by atoms with Gasteiger partial charge < -0.3 is 9.64 Å². The smallest absolute Gasteiger partial charge is 0.254 e. The van der Waals surface area contributed by atoms with Crippen molar-refractivity contribution in [2.45, 2.75) is 26.6 Å². The van der Waals surface area contributed by atoms with Crippen molar-refractivity contribution in [1.82, 2.24) is 29.9 Å². The van der Waals surface area contributed by atoms with Gasteiger partial charge in [0.1, 0.15) is 18.1 Å². The van der Waals surface area contributed by atoms with Crippen LogP contribution in [0.3, 0.4) is 0 Å². The van der Waals surface area contributed by atoms with Crippen LogP contribution in [0.1, 0.15) is 33.0 Å². The molecule has 0 unspecified atom stereocenters. The van der Waals surface area contributed by atoms with Crippen molar-refractivity contribution < 1.29 is 13.9 Å². The van der Waals surface area contributed by atoms with Crippen LogP contribution in [-0.4, -0.2) is 35.8 Å². The summed E-state index contributed by atoms with van der Waals surface area (Å²) in [6.07, 6.45) is 3.21. The van der Waals surface area contributed by atoms with Crippen molar-refractivity contribution >= 4 is 5.91 Å². The molecule has 4 heterocycles. The number of hydrogen-bond donors (Lipinski definition) is 0. The third-order valence-electron chi connectivity index (χ3n) is 5.34. The van der Waals surface area contributed by atoms with E-state index in [1.807, 2.05) is 13.0 Å². The van der Waals surface area contributed by atoms with Crippen LogP contribution < -0.4 is 4.74 Å². The quantitative estimate of drug-likeness (QED) is 0.483. The molecule has 3 aromatic heterocycles. The summed E-state index contributed by atoms with van der Waals surface area (Å²) in [5.41, 5.74) is 4.55. The molecule has 4 aromatic rings. The summed E-state index contributed by atoms with van der Waals surface area (Å²) in [5, 5.41) is 8.25. The summed E-state index contributed by atoms with van der Waals surface area (Å²) in [7, 11) is 0. The van der Waals surface area contributed by atoms with Crippen LogP contribution in [0.15, 0.2) is 60.9 Å². The molecule has 9 heteroatoms. The molecule has 160 valence electrons. The number of aryl methyl sites for hydroxylation is 1. The second kappa shape index (κ2) is 8.18. The van der Waals surface area contributed by atoms with Crippen LogP contribution in [0.5, 0.6) is 5.88 Å². The first-order chi connectivity index (χ1) is 15.6. The number of hydrogen-bond acceptors (Lipinski definition) is 6. The Morgan fingerprint density at radius 3 is 2.62 bits per heavy atom. The lowest BCUT2D eigenvalue weighted by atomic mass is 10.2. The molecule has 5 rings (SSSR count). The number of rotatable bonds is 5. The molecule has 0 atom stereocenters. The highest BCUT2D eigenvalue weighted by atomic mass is 19.1. The van der Waals surface area contributed by atoms with E-state index in [1.54, 1.807) is 52.3 Å². The normalized spacial score (nSPS) is 12.6. The van der Waals surface area contributed by atoms with Gasteiger partial charge in [0.2, 0.25) is 5.88 Å². The Morgan fingerprint density at radius 2 is 1.84 bits per heavy atom. The van der Waals surface area contributed by atoms with Crippen molar-refractivity contribution in [2.75, 3.05) is 0 Å². The predicted molar refractivity (Wildman–Crippen MR) is 112 cm³/mol. The van der Waals surface area contributed by atoms with E-state index in [1.165, 1.54) is 12.1 Å². The highest BCUT2D eigenvalue weighted by molar-refractivity contribution is 5.94. The van der Waals surface area contributed by atoms with E-state index in [4.69, 9.17) is 4.74 Å². The minimum Gasteiger partial charge on any atom is -0.471 e. The van der Waals surface area contributed by atoms with Gasteiger partial charge in [0.05, 0.1) is 23.6 Å². The van der Waals surface area contributed by atoms with Gasteiger partial charge in [0.15, 0.2) is 0 Å². The zero-order valence-electron chi connectivity index (χ0n) is 17.3. The Balaban J connectivity index is 1.30. The van der Waals surface area contributed by atoms with Crippen LogP contribution in [0, 0.1) is 12.7 Å². The molecule has 0 N–H and O–H groups in total. The van der Waals surface area contributed by atoms with Crippen molar-refractivity contribution in [1.29, 1.82) is 0 Å². The molecule has 8 nitrogen and oxygen atoms in total. The number of ether oxygens (including phenoxy) is 1. The predicted octanol–water partition coefficient (Wildman–Crippen LogP) is 3.24. The lowest BCUT2D eigenvalue weighted by Gasteiger charge is -2.14. The number of amides is 1. The first-order valence-electron chi connectivity index (χ1n) is 10.1. The molecular weight excluding hydrogens is 411 g/mol. The fourth-order valence-corrected chi connectivity index (χ4v) is 3.61. The topological polar surface area (TPSA) is 86.0 Å². The van der Waals surface area contributed by atoms with Gasteiger partial charge >= 0.3 is 0 Å². The van der Waals surface area contributed by atoms with Crippen LogP contribution in [0.4, 0.5) is 4.39 Å². The van der Waals surface area contributed by atoms with Gasteiger partial charge in [0, 0.05) is 30.6 Å². The number of nitrogens with zero attached hydrogens (tertiary/aromatic N) is 6. The van der Waals surface area contributed by atoms with Gasteiger partial charge in [-0.2, -0.15) is 0 Å². The molecule has 32 heavy (non-hydrogen) atoms. The molecule has 1 amide bonds. The van der Waals surface area contributed by atoms with E-state index in [-0.39, 0.29) is 18.3 Å². The first-order valence-corrected chi connectivity index (χ1v) is 10.1. The summed E-state index contributed by atoms with van der Waals surface area (Å²) < 4.78 is 20.8. The van der Waals surface area contributed by atoms with Gasteiger partial charge in [0.25, 0.3) is 5.91 Å². The number of aromatic nitrogens is 5. The Kier molecular flexibility index (Phi) is 5.06. The molecule has 0 aliphatic carbocycles. The van der Waals surface area contributed by atoms with Crippen molar-refractivity contribution in [2.24, 2.45) is 0 Å². The summed E-state index contributed by atoms with van der Waals surface area (Å²) in [6, 6.07) is 13.1. The Hall–Kier alpha value is -4.14. The van der Waals surface area contributed by atoms with Gasteiger partial charge in [-0.25, -0.2) is 14.1 Å². The lowest BCUT2D eigenvalue weighted by Crippen LogP contribution is -2.25. The van der Waals surface area contributed by atoms with Crippen LogP contribution in [0.25, 0.3) is 5.69 Å². The van der Waals surface area contributed by atoms with Crippen LogP contribution in [0.2, 0.25) is 0 Å². The van der Waals surface area contributed by atoms with Crippen molar-refractivity contribution in [3.63, 3.8) is 0 Å². The van der Waals surface area contributed by atoms with E-state index < -0.39 is 0 Å². The lowest BCUT2D eigenvalue weighted by molar-refractivity contribution is 0.0750. The van der Waals surface area contributed by atoms with Gasteiger partial charge in [-0.05, 0) is 55.0 Å². The molecule has 1 aromatic carbocycles. The Bertz CT molecular complexity index is 1270. The number of carbonyl (C=O) groups excluding carboxylic acids is 1. The van der Waals surface area contributed by atoms with E-state index in [2.05, 4.69) is 20.3 Å². The summed E-state index contributed by atoms with van der Waals surface area (Å²) in [4.78, 5) is 23.0. The Morgan fingerprint density at radius 1 is 1.06 bits per heavy atom. The molecule has 0 fully saturated rings. The van der Waals surface area contributed by atoms with E-state index in [9.17, 15) is 9.18 Å². The average molecular weight is 430 g/mol. The summed E-state index contributed by atoms with van der Waals surface area (Å²) >= 11 is 0. The second-order valence-electron chi connectivity index (χ2n) is 7.45. The van der Waals surface area contributed by atoms with E-state index in [0.717, 1.165) is 17.0 Å². The SMILES string of the molecule is Cc1nnn(-c2ccc(F)cc2)c1COc1ccc2c(n1)CN(C(=O)c1ccncc1)C2. The van der Waals surface area contributed by atoms with Gasteiger partial charge in [-0.15, -0.1) is 5.10 Å². The standard InChI is InChI=1S/C23H19FN6O2/c1-15-21(30(28-27-15)19-5-3-18(24)4-6-19)14-32-22-7-2-17-12-29(13-20(17)26-22)23(31)16-8-10-25-11-9-16/h2-11H,12-14H2,1H3. The Labute approximate surface area is 183 Å². The van der Waals surface area contributed by atoms with Crippen molar-refractivity contribution in [3.8, 4) is 11.6 Å².